The van der Waals surface area contributed by atoms with Crippen molar-refractivity contribution in [3.8, 4) is 5.75 Å². The molecular weight excluding hydrogens is 264 g/mol. The molecule has 116 valence electrons. The summed E-state index contributed by atoms with van der Waals surface area (Å²) in [4.78, 5) is 12.1. The van der Waals surface area contributed by atoms with Gasteiger partial charge in [-0.2, -0.15) is 0 Å². The minimum atomic E-state index is 0.0683. The number of rotatable bonds is 5. The van der Waals surface area contributed by atoms with Gasteiger partial charge < -0.3 is 15.4 Å². The van der Waals surface area contributed by atoms with Gasteiger partial charge in [0, 0.05) is 18.2 Å². The average molecular weight is 290 g/mol. The fourth-order valence-electron chi connectivity index (χ4n) is 2.69. The van der Waals surface area contributed by atoms with Crippen molar-refractivity contribution >= 4 is 11.6 Å². The van der Waals surface area contributed by atoms with Crippen LogP contribution >= 0.6 is 0 Å². The number of benzene rings is 1. The Morgan fingerprint density at radius 1 is 1.38 bits per heavy atom. The zero-order chi connectivity index (χ0) is 15.2. The van der Waals surface area contributed by atoms with Gasteiger partial charge in [0.2, 0.25) is 5.91 Å². The van der Waals surface area contributed by atoms with Crippen LogP contribution in [0.3, 0.4) is 0 Å². The molecule has 1 aromatic carbocycles. The SMILES string of the molecule is CC(C)Oc1ccc(NC(=O)CC2NCCCC2C)cc1. The number of anilines is 1. The molecule has 0 radical (unpaired) electrons. The Labute approximate surface area is 127 Å². The minimum absolute atomic E-state index is 0.0683. The lowest BCUT2D eigenvalue weighted by atomic mass is 9.90. The molecule has 2 unspecified atom stereocenters. The van der Waals surface area contributed by atoms with Crippen molar-refractivity contribution in [2.45, 2.75) is 52.2 Å². The van der Waals surface area contributed by atoms with Crippen molar-refractivity contribution in [3.05, 3.63) is 24.3 Å². The summed E-state index contributed by atoms with van der Waals surface area (Å²) in [5.74, 6) is 1.45. The van der Waals surface area contributed by atoms with E-state index in [1.165, 1.54) is 12.8 Å². The predicted octanol–water partition coefficient (Wildman–Crippen LogP) is 3.19. The van der Waals surface area contributed by atoms with Crippen LogP contribution in [0.4, 0.5) is 5.69 Å². The van der Waals surface area contributed by atoms with E-state index in [1.807, 2.05) is 38.1 Å². The standard InChI is InChI=1S/C17H26N2O2/c1-12(2)21-15-8-6-14(7-9-15)19-17(20)11-16-13(3)5-4-10-18-16/h6-9,12-13,16,18H,4-5,10-11H2,1-3H3,(H,19,20). The summed E-state index contributed by atoms with van der Waals surface area (Å²) in [6.07, 6.45) is 3.10. The minimum Gasteiger partial charge on any atom is -0.491 e. The second kappa shape index (κ2) is 7.46. The van der Waals surface area contributed by atoms with Crippen molar-refractivity contribution in [1.82, 2.24) is 5.32 Å². The van der Waals surface area contributed by atoms with Gasteiger partial charge >= 0.3 is 0 Å². The normalized spacial score (nSPS) is 22.1. The molecule has 1 aromatic rings. The Morgan fingerprint density at radius 3 is 2.71 bits per heavy atom. The van der Waals surface area contributed by atoms with E-state index in [4.69, 9.17) is 4.74 Å². The van der Waals surface area contributed by atoms with Gasteiger partial charge in [-0.05, 0) is 63.4 Å². The second-order valence-electron chi connectivity index (χ2n) is 6.12. The maximum atomic E-state index is 12.1. The first kappa shape index (κ1) is 15.8. The van der Waals surface area contributed by atoms with Gasteiger partial charge in [0.25, 0.3) is 0 Å². The third-order valence-electron chi connectivity index (χ3n) is 3.84. The zero-order valence-corrected chi connectivity index (χ0v) is 13.2. The lowest BCUT2D eigenvalue weighted by Gasteiger charge is -2.29. The maximum Gasteiger partial charge on any atom is 0.225 e. The van der Waals surface area contributed by atoms with Crippen LogP contribution in [-0.2, 0) is 4.79 Å². The summed E-state index contributed by atoms with van der Waals surface area (Å²) in [5.41, 5.74) is 0.819. The molecule has 1 aliphatic heterocycles. The summed E-state index contributed by atoms with van der Waals surface area (Å²) in [7, 11) is 0. The Morgan fingerprint density at radius 2 is 2.10 bits per heavy atom. The molecular formula is C17H26N2O2. The van der Waals surface area contributed by atoms with Gasteiger partial charge in [0.15, 0.2) is 0 Å². The van der Waals surface area contributed by atoms with E-state index in [-0.39, 0.29) is 12.0 Å². The smallest absolute Gasteiger partial charge is 0.225 e. The van der Waals surface area contributed by atoms with Gasteiger partial charge in [-0.3, -0.25) is 4.79 Å². The highest BCUT2D eigenvalue weighted by molar-refractivity contribution is 5.91. The molecule has 2 rings (SSSR count). The molecule has 2 atom stereocenters. The molecule has 0 bridgehead atoms. The molecule has 2 N–H and O–H groups in total. The van der Waals surface area contributed by atoms with Gasteiger partial charge in [0.05, 0.1) is 6.10 Å². The van der Waals surface area contributed by atoms with Gasteiger partial charge in [-0.15, -0.1) is 0 Å². The van der Waals surface area contributed by atoms with E-state index >= 15 is 0 Å². The maximum absolute atomic E-state index is 12.1. The van der Waals surface area contributed by atoms with Crippen molar-refractivity contribution in [1.29, 1.82) is 0 Å². The summed E-state index contributed by atoms with van der Waals surface area (Å²) in [5, 5.41) is 6.39. The predicted molar refractivity (Wildman–Crippen MR) is 85.6 cm³/mol. The second-order valence-corrected chi connectivity index (χ2v) is 6.12. The number of carbonyl (C=O) groups excluding carboxylic acids is 1. The highest BCUT2D eigenvalue weighted by atomic mass is 16.5. The van der Waals surface area contributed by atoms with Gasteiger partial charge in [-0.25, -0.2) is 0 Å². The van der Waals surface area contributed by atoms with Crippen LogP contribution in [0.15, 0.2) is 24.3 Å². The molecule has 1 fully saturated rings. The van der Waals surface area contributed by atoms with Crippen LogP contribution in [0.25, 0.3) is 0 Å². The highest BCUT2D eigenvalue weighted by Gasteiger charge is 2.23. The number of nitrogens with one attached hydrogen (secondary N) is 2. The number of hydrogen-bond donors (Lipinski definition) is 2. The van der Waals surface area contributed by atoms with Crippen molar-refractivity contribution < 1.29 is 9.53 Å². The van der Waals surface area contributed by atoms with Gasteiger partial charge in [0.1, 0.15) is 5.75 Å². The Balaban J connectivity index is 1.84. The van der Waals surface area contributed by atoms with E-state index < -0.39 is 0 Å². The van der Waals surface area contributed by atoms with Crippen LogP contribution in [0.1, 0.15) is 40.0 Å². The molecule has 1 heterocycles. The van der Waals surface area contributed by atoms with E-state index in [2.05, 4.69) is 17.6 Å². The van der Waals surface area contributed by atoms with Crippen LogP contribution in [0.5, 0.6) is 5.75 Å². The average Bonchev–Trinajstić information content (AvgIpc) is 2.43. The highest BCUT2D eigenvalue weighted by Crippen LogP contribution is 2.20. The first-order valence-electron chi connectivity index (χ1n) is 7.84. The third-order valence-corrected chi connectivity index (χ3v) is 3.84. The fourth-order valence-corrected chi connectivity index (χ4v) is 2.69. The molecule has 1 aliphatic rings. The Kier molecular flexibility index (Phi) is 5.62. The Bertz CT molecular complexity index is 456. The molecule has 0 spiro atoms. The Hall–Kier alpha value is -1.55. The zero-order valence-electron chi connectivity index (χ0n) is 13.2. The van der Waals surface area contributed by atoms with Crippen LogP contribution in [0, 0.1) is 5.92 Å². The first-order valence-corrected chi connectivity index (χ1v) is 7.84. The lowest BCUT2D eigenvalue weighted by Crippen LogP contribution is -2.42. The number of ether oxygens (including phenoxy) is 1. The van der Waals surface area contributed by atoms with Crippen LogP contribution in [0.2, 0.25) is 0 Å². The molecule has 1 saturated heterocycles. The number of hydrogen-bond acceptors (Lipinski definition) is 3. The molecule has 4 nitrogen and oxygen atoms in total. The van der Waals surface area contributed by atoms with E-state index in [0.29, 0.717) is 18.4 Å². The number of piperidine rings is 1. The third kappa shape index (κ3) is 5.05. The summed E-state index contributed by atoms with van der Waals surface area (Å²) in [6.45, 7) is 7.22. The quantitative estimate of drug-likeness (QED) is 0.875. The van der Waals surface area contributed by atoms with Gasteiger partial charge in [-0.1, -0.05) is 6.92 Å². The topological polar surface area (TPSA) is 50.4 Å². The van der Waals surface area contributed by atoms with E-state index in [9.17, 15) is 4.79 Å². The molecule has 0 saturated carbocycles. The summed E-state index contributed by atoms with van der Waals surface area (Å²) in [6, 6.07) is 7.83. The fraction of sp³-hybridized carbons (Fsp3) is 0.588. The van der Waals surface area contributed by atoms with Crippen molar-refractivity contribution in [3.63, 3.8) is 0 Å². The molecule has 0 aliphatic carbocycles. The summed E-state index contributed by atoms with van der Waals surface area (Å²) < 4.78 is 5.59. The lowest BCUT2D eigenvalue weighted by molar-refractivity contribution is -0.117. The van der Waals surface area contributed by atoms with E-state index in [0.717, 1.165) is 18.0 Å². The molecule has 21 heavy (non-hydrogen) atoms. The monoisotopic (exact) mass is 290 g/mol. The van der Waals surface area contributed by atoms with E-state index in [1.54, 1.807) is 0 Å². The number of amides is 1. The molecule has 4 heteroatoms. The molecule has 1 amide bonds. The first-order chi connectivity index (χ1) is 10.0. The molecule has 0 aromatic heterocycles. The summed E-state index contributed by atoms with van der Waals surface area (Å²) >= 11 is 0. The number of carbonyl (C=O) groups is 1. The van der Waals surface area contributed by atoms with Crippen molar-refractivity contribution in [2.75, 3.05) is 11.9 Å². The largest absolute Gasteiger partial charge is 0.491 e. The van der Waals surface area contributed by atoms with Crippen LogP contribution < -0.4 is 15.4 Å². The van der Waals surface area contributed by atoms with Crippen molar-refractivity contribution in [2.24, 2.45) is 5.92 Å². The van der Waals surface area contributed by atoms with Crippen LogP contribution in [-0.4, -0.2) is 24.6 Å².